The molecule has 0 bridgehead atoms. The van der Waals surface area contributed by atoms with Crippen LogP contribution < -0.4 is 10.7 Å². The van der Waals surface area contributed by atoms with E-state index in [0.29, 0.717) is 55.3 Å². The van der Waals surface area contributed by atoms with E-state index in [4.69, 9.17) is 4.74 Å². The molecule has 5 N–H and O–H groups in total. The van der Waals surface area contributed by atoms with Crippen molar-refractivity contribution in [3.05, 3.63) is 75.8 Å². The summed E-state index contributed by atoms with van der Waals surface area (Å²) in [6.07, 6.45) is 7.64. The Morgan fingerprint density at radius 3 is 2.46 bits per heavy atom. The molecular weight excluding hydrogens is 678 g/mol. The summed E-state index contributed by atoms with van der Waals surface area (Å²) < 4.78 is 6.03. The Bertz CT molecular complexity index is 1710. The molecule has 8 atom stereocenters. The van der Waals surface area contributed by atoms with E-state index in [9.17, 15) is 29.7 Å². The van der Waals surface area contributed by atoms with Gasteiger partial charge in [0, 0.05) is 50.8 Å². The highest BCUT2D eigenvalue weighted by molar-refractivity contribution is 9.10. The summed E-state index contributed by atoms with van der Waals surface area (Å²) in [7, 11) is 0. The van der Waals surface area contributed by atoms with Crippen molar-refractivity contribution in [2.75, 3.05) is 11.9 Å². The number of aliphatic hydroxyl groups is 3. The van der Waals surface area contributed by atoms with E-state index >= 15 is 0 Å². The number of ether oxygens (including phenoxy) is 1. The topological polar surface area (TPSA) is 158 Å². The second kappa shape index (κ2) is 12.2. The number of hydrogen-bond acceptors (Lipinski definition) is 8. The second-order valence-corrected chi connectivity index (χ2v) is 15.7. The lowest BCUT2D eigenvalue weighted by molar-refractivity contribution is -0.237. The number of aliphatic hydroxyl groups excluding tert-OH is 1. The normalized spacial score (nSPS) is 37.2. The van der Waals surface area contributed by atoms with Crippen LogP contribution in [0.3, 0.4) is 0 Å². The van der Waals surface area contributed by atoms with Gasteiger partial charge in [0.05, 0.1) is 17.3 Å². The lowest BCUT2D eigenvalue weighted by Crippen LogP contribution is -2.68. The fourth-order valence-corrected chi connectivity index (χ4v) is 10.6. The first-order valence-corrected chi connectivity index (χ1v) is 17.7. The molecular formula is C37H42BrN3O7. The number of anilines is 1. The van der Waals surface area contributed by atoms with Gasteiger partial charge in [0.1, 0.15) is 6.61 Å². The van der Waals surface area contributed by atoms with Crippen LogP contribution in [0.15, 0.2) is 69.8 Å². The quantitative estimate of drug-likeness (QED) is 0.157. The molecule has 0 aromatic heterocycles. The van der Waals surface area contributed by atoms with Gasteiger partial charge in [0.2, 0.25) is 0 Å². The second-order valence-electron chi connectivity index (χ2n) is 14.8. The number of rotatable bonds is 6. The summed E-state index contributed by atoms with van der Waals surface area (Å²) in [6, 6.07) is 13.6. The van der Waals surface area contributed by atoms with Crippen molar-refractivity contribution >= 4 is 45.6 Å². The number of benzene rings is 2. The summed E-state index contributed by atoms with van der Waals surface area (Å²) in [5, 5.41) is 42.8. The van der Waals surface area contributed by atoms with Crippen LogP contribution in [0.25, 0.3) is 0 Å². The van der Waals surface area contributed by atoms with Crippen LogP contribution >= 0.6 is 15.9 Å². The average molecular weight is 721 g/mol. The highest BCUT2D eigenvalue weighted by Gasteiger charge is 2.71. The van der Waals surface area contributed by atoms with Gasteiger partial charge in [-0.1, -0.05) is 35.0 Å². The van der Waals surface area contributed by atoms with Gasteiger partial charge < -0.3 is 25.4 Å². The van der Waals surface area contributed by atoms with Crippen LogP contribution in [-0.2, 0) is 9.53 Å². The third kappa shape index (κ3) is 5.34. The molecule has 48 heavy (non-hydrogen) atoms. The molecule has 254 valence electrons. The van der Waals surface area contributed by atoms with Crippen LogP contribution in [0, 0.1) is 28.6 Å². The maximum absolute atomic E-state index is 13.3. The van der Waals surface area contributed by atoms with Gasteiger partial charge in [-0.15, -0.1) is 0 Å². The molecule has 7 rings (SSSR count). The lowest BCUT2D eigenvalue weighted by Gasteiger charge is -2.65. The maximum Gasteiger partial charge on any atom is 0.331 e. The van der Waals surface area contributed by atoms with Gasteiger partial charge in [-0.25, -0.2) is 10.2 Å². The van der Waals surface area contributed by atoms with Gasteiger partial charge in [0.15, 0.2) is 0 Å². The molecule has 2 aromatic carbocycles. The molecule has 4 saturated carbocycles. The van der Waals surface area contributed by atoms with E-state index in [-0.39, 0.29) is 42.7 Å². The fraction of sp³-hybridized carbons (Fsp3) is 0.514. The monoisotopic (exact) mass is 719 g/mol. The number of fused-ring (bicyclic) bond motifs is 5. The lowest BCUT2D eigenvalue weighted by atomic mass is 9.41. The Balaban J connectivity index is 1.12. The molecule has 4 fully saturated rings. The molecule has 0 radical (unpaired) electrons. The average Bonchev–Trinajstić information content (AvgIpc) is 3.60. The third-order valence-electron chi connectivity index (χ3n) is 12.6. The van der Waals surface area contributed by atoms with Crippen molar-refractivity contribution in [1.82, 2.24) is 5.43 Å². The zero-order valence-corrected chi connectivity index (χ0v) is 28.5. The van der Waals surface area contributed by atoms with Gasteiger partial charge in [0.25, 0.3) is 11.8 Å². The van der Waals surface area contributed by atoms with Crippen LogP contribution in [0.4, 0.5) is 5.69 Å². The SMILES string of the molecule is CC12CC[C@H]3[C@@H](CCC4(O)C[C@H](O)CCC34/C=N\NC(=O)c3cccc(NC(=O)c4cccc(Br)c4)c3)C1(O)CCC2C1=CC(=O)OC1. The number of carbonyl (C=O) groups is 3. The molecule has 11 heteroatoms. The minimum Gasteiger partial charge on any atom is -0.458 e. The molecule has 1 aliphatic heterocycles. The first-order valence-electron chi connectivity index (χ1n) is 16.9. The molecule has 0 spiro atoms. The highest BCUT2D eigenvalue weighted by Crippen LogP contribution is 2.70. The number of esters is 1. The van der Waals surface area contributed by atoms with Crippen molar-refractivity contribution in [2.24, 2.45) is 33.7 Å². The Morgan fingerprint density at radius 1 is 0.958 bits per heavy atom. The molecule has 10 nitrogen and oxygen atoms in total. The zero-order chi connectivity index (χ0) is 33.9. The Hall–Kier alpha value is -3.38. The predicted octanol–water partition coefficient (Wildman–Crippen LogP) is 5.13. The number of carbonyl (C=O) groups excluding carboxylic acids is 3. The molecule has 5 aliphatic rings. The first kappa shape index (κ1) is 33.1. The molecule has 4 aliphatic carbocycles. The minimum absolute atomic E-state index is 0.0444. The van der Waals surface area contributed by atoms with E-state index in [1.807, 2.05) is 6.07 Å². The number of hydrogen-bond donors (Lipinski definition) is 5. The Kier molecular flexibility index (Phi) is 8.41. The third-order valence-corrected chi connectivity index (χ3v) is 13.1. The largest absolute Gasteiger partial charge is 0.458 e. The molecule has 2 aromatic rings. The summed E-state index contributed by atoms with van der Waals surface area (Å²) >= 11 is 3.38. The molecule has 2 amide bonds. The standard InChI is InChI=1S/C37H42BrN3O7/c1-34-12-9-29-30(37(34,47)15-11-28(34)24-18-31(43)48-20-24)10-14-36(46)19-27(42)8-13-35(29,36)21-39-41-33(45)23-5-3-7-26(17-23)40-32(44)22-4-2-6-25(38)16-22/h2-7,16-18,21,27-30,42,46-47H,8-15,19-20H2,1H3,(H,40,44)(H,41,45)/b39-21-/t27-,28?,29+,30-,34?,35?,36?,37?/m1/s1. The fourth-order valence-electron chi connectivity index (χ4n) is 10.2. The summed E-state index contributed by atoms with van der Waals surface area (Å²) in [5.74, 6) is -1.30. The number of halogens is 1. The highest BCUT2D eigenvalue weighted by atomic mass is 79.9. The smallest absolute Gasteiger partial charge is 0.331 e. The Morgan fingerprint density at radius 2 is 1.71 bits per heavy atom. The Labute approximate surface area is 288 Å². The number of hydrazone groups is 1. The number of nitrogens with zero attached hydrogens (tertiary/aromatic N) is 1. The van der Waals surface area contributed by atoms with Crippen LogP contribution in [0.5, 0.6) is 0 Å². The number of amides is 2. The molecule has 1 heterocycles. The molecule has 0 saturated heterocycles. The summed E-state index contributed by atoms with van der Waals surface area (Å²) in [4.78, 5) is 38.0. The predicted molar refractivity (Wildman–Crippen MR) is 182 cm³/mol. The minimum atomic E-state index is -1.24. The van der Waals surface area contributed by atoms with Crippen LogP contribution in [0.1, 0.15) is 85.4 Å². The van der Waals surface area contributed by atoms with Crippen molar-refractivity contribution in [3.63, 3.8) is 0 Å². The van der Waals surface area contributed by atoms with Crippen LogP contribution in [0.2, 0.25) is 0 Å². The zero-order valence-electron chi connectivity index (χ0n) is 27.0. The van der Waals surface area contributed by atoms with Gasteiger partial charge in [-0.2, -0.15) is 5.10 Å². The van der Waals surface area contributed by atoms with E-state index in [1.165, 1.54) is 0 Å². The van der Waals surface area contributed by atoms with Gasteiger partial charge in [-0.3, -0.25) is 9.59 Å². The number of nitrogens with one attached hydrogen (secondary N) is 2. The van der Waals surface area contributed by atoms with Crippen molar-refractivity contribution in [2.45, 2.75) is 82.0 Å². The number of cyclic esters (lactones) is 1. The van der Waals surface area contributed by atoms with Crippen LogP contribution in [-0.4, -0.2) is 63.2 Å². The van der Waals surface area contributed by atoms with E-state index in [0.717, 1.165) is 22.9 Å². The van der Waals surface area contributed by atoms with Gasteiger partial charge >= 0.3 is 5.97 Å². The summed E-state index contributed by atoms with van der Waals surface area (Å²) in [5.41, 5.74) is 1.29. The van der Waals surface area contributed by atoms with E-state index in [2.05, 4.69) is 38.7 Å². The van der Waals surface area contributed by atoms with Crippen molar-refractivity contribution in [3.8, 4) is 0 Å². The summed E-state index contributed by atoms with van der Waals surface area (Å²) in [6.45, 7) is 2.42. The van der Waals surface area contributed by atoms with Crippen molar-refractivity contribution in [1.29, 1.82) is 0 Å². The molecule has 5 unspecified atom stereocenters. The van der Waals surface area contributed by atoms with E-state index < -0.39 is 34.0 Å². The maximum atomic E-state index is 13.3. The van der Waals surface area contributed by atoms with E-state index in [1.54, 1.807) is 54.8 Å². The van der Waals surface area contributed by atoms with Gasteiger partial charge in [-0.05, 0) is 111 Å². The first-order chi connectivity index (χ1) is 22.9. The van der Waals surface area contributed by atoms with Crippen molar-refractivity contribution < 1.29 is 34.4 Å².